The van der Waals surface area contributed by atoms with E-state index in [1.54, 1.807) is 6.07 Å². The number of piperidine rings is 1. The Balaban J connectivity index is 0.00000225. The highest BCUT2D eigenvalue weighted by Crippen LogP contribution is 2.29. The molecule has 0 spiro atoms. The molecule has 1 aromatic heterocycles. The summed E-state index contributed by atoms with van der Waals surface area (Å²) in [5.41, 5.74) is -0.0475. The first kappa shape index (κ1) is 19.5. The first-order chi connectivity index (χ1) is 11.4. The van der Waals surface area contributed by atoms with E-state index in [2.05, 4.69) is 15.0 Å². The fraction of sp³-hybridized carbons (Fsp3) is 0.400. The van der Waals surface area contributed by atoms with Crippen molar-refractivity contribution in [2.24, 2.45) is 0 Å². The van der Waals surface area contributed by atoms with Gasteiger partial charge >= 0.3 is 0 Å². The summed E-state index contributed by atoms with van der Waals surface area (Å²) in [4.78, 5) is 14.6. The Morgan fingerprint density at radius 2 is 2.12 bits per heavy atom. The summed E-state index contributed by atoms with van der Waals surface area (Å²) in [6.45, 7) is 2.75. The number of nitrogens with one attached hydrogen (secondary N) is 2. The van der Waals surface area contributed by atoms with Gasteiger partial charge in [0.1, 0.15) is 4.90 Å². The normalized spacial score (nSPS) is 20.8. The van der Waals surface area contributed by atoms with Gasteiger partial charge in [-0.25, -0.2) is 13.1 Å². The van der Waals surface area contributed by atoms with E-state index in [9.17, 15) is 18.5 Å². The molecule has 0 bridgehead atoms. The lowest BCUT2D eigenvalue weighted by atomic mass is 10.0. The molecule has 0 saturated carbocycles. The summed E-state index contributed by atoms with van der Waals surface area (Å²) in [6, 6.07) is 5.59. The molecule has 2 atom stereocenters. The van der Waals surface area contributed by atoms with Crippen molar-refractivity contribution in [3.05, 3.63) is 40.6 Å². The molecule has 1 aliphatic heterocycles. The van der Waals surface area contributed by atoms with Gasteiger partial charge in [-0.3, -0.25) is 15.1 Å². The van der Waals surface area contributed by atoms with Crippen molar-refractivity contribution in [1.82, 2.24) is 15.0 Å². The maximum Gasteiger partial charge on any atom is 0.278 e. The summed E-state index contributed by atoms with van der Waals surface area (Å²) in [5, 5.41) is 14.6. The van der Waals surface area contributed by atoms with E-state index in [1.807, 2.05) is 6.92 Å². The number of fused-ring (bicyclic) bond motifs is 1. The van der Waals surface area contributed by atoms with Gasteiger partial charge in [0.25, 0.3) is 5.69 Å². The largest absolute Gasteiger partial charge is 0.314 e. The zero-order chi connectivity index (χ0) is 17.3. The van der Waals surface area contributed by atoms with Crippen LogP contribution in [-0.2, 0) is 10.0 Å². The Labute approximate surface area is 151 Å². The number of benzene rings is 1. The monoisotopic (exact) mass is 386 g/mol. The molecule has 0 aliphatic carbocycles. The third-order valence-corrected chi connectivity index (χ3v) is 5.69. The van der Waals surface area contributed by atoms with Crippen LogP contribution in [0.2, 0.25) is 0 Å². The van der Waals surface area contributed by atoms with Crippen LogP contribution in [0.4, 0.5) is 5.69 Å². The van der Waals surface area contributed by atoms with Gasteiger partial charge in [-0.15, -0.1) is 12.4 Å². The Morgan fingerprint density at radius 1 is 1.36 bits per heavy atom. The van der Waals surface area contributed by atoms with Crippen molar-refractivity contribution >= 4 is 39.0 Å². The zero-order valence-electron chi connectivity index (χ0n) is 13.5. The lowest BCUT2D eigenvalue weighted by Gasteiger charge is -2.28. The average molecular weight is 387 g/mol. The number of pyridine rings is 1. The number of nitro benzene ring substituents is 1. The van der Waals surface area contributed by atoms with Gasteiger partial charge in [0.05, 0.1) is 15.8 Å². The Morgan fingerprint density at radius 3 is 2.80 bits per heavy atom. The average Bonchev–Trinajstić information content (AvgIpc) is 2.53. The van der Waals surface area contributed by atoms with E-state index in [-0.39, 0.29) is 46.0 Å². The van der Waals surface area contributed by atoms with Gasteiger partial charge in [0.15, 0.2) is 0 Å². The van der Waals surface area contributed by atoms with E-state index >= 15 is 0 Å². The molecule has 0 radical (unpaired) electrons. The second kappa shape index (κ2) is 7.61. The predicted molar refractivity (Wildman–Crippen MR) is 96.5 cm³/mol. The minimum atomic E-state index is -3.82. The van der Waals surface area contributed by atoms with E-state index < -0.39 is 14.9 Å². The van der Waals surface area contributed by atoms with Crippen molar-refractivity contribution in [2.45, 2.75) is 36.7 Å². The number of non-ortho nitro benzene ring substituents is 1. The van der Waals surface area contributed by atoms with Gasteiger partial charge in [-0.1, -0.05) is 0 Å². The molecule has 2 heterocycles. The van der Waals surface area contributed by atoms with Crippen LogP contribution in [-0.4, -0.2) is 37.0 Å². The van der Waals surface area contributed by atoms with Gasteiger partial charge in [0.2, 0.25) is 10.0 Å². The molecular formula is C15H19ClN4O4S. The van der Waals surface area contributed by atoms with Crippen LogP contribution in [0.15, 0.2) is 35.4 Å². The second-order valence-electron chi connectivity index (χ2n) is 5.94. The molecule has 136 valence electrons. The maximum absolute atomic E-state index is 12.8. The van der Waals surface area contributed by atoms with Crippen LogP contribution < -0.4 is 10.0 Å². The summed E-state index contributed by atoms with van der Waals surface area (Å²) in [7, 11) is -3.82. The lowest BCUT2D eigenvalue weighted by Crippen LogP contribution is -2.46. The number of sulfonamides is 1. The fourth-order valence-electron chi connectivity index (χ4n) is 3.03. The van der Waals surface area contributed by atoms with Crippen molar-refractivity contribution in [1.29, 1.82) is 0 Å². The van der Waals surface area contributed by atoms with Crippen LogP contribution in [0, 0.1) is 10.1 Å². The van der Waals surface area contributed by atoms with Gasteiger partial charge in [-0.2, -0.15) is 0 Å². The third-order valence-electron chi connectivity index (χ3n) is 4.14. The molecule has 2 unspecified atom stereocenters. The molecule has 25 heavy (non-hydrogen) atoms. The highest BCUT2D eigenvalue weighted by molar-refractivity contribution is 7.89. The lowest BCUT2D eigenvalue weighted by molar-refractivity contribution is -0.383. The first-order valence-corrected chi connectivity index (χ1v) is 9.14. The first-order valence-electron chi connectivity index (χ1n) is 7.66. The molecule has 1 saturated heterocycles. The molecule has 0 amide bonds. The van der Waals surface area contributed by atoms with Gasteiger partial charge in [-0.05, 0) is 44.5 Å². The summed E-state index contributed by atoms with van der Waals surface area (Å²) >= 11 is 0. The molecular weight excluding hydrogens is 368 g/mol. The molecule has 1 fully saturated rings. The van der Waals surface area contributed by atoms with Gasteiger partial charge in [0, 0.05) is 24.3 Å². The Kier molecular flexibility index (Phi) is 5.94. The minimum Gasteiger partial charge on any atom is -0.314 e. The molecule has 1 aromatic carbocycles. The van der Waals surface area contributed by atoms with E-state index in [4.69, 9.17) is 0 Å². The summed E-state index contributed by atoms with van der Waals surface area (Å²) < 4.78 is 28.2. The smallest absolute Gasteiger partial charge is 0.278 e. The molecule has 2 aromatic rings. The minimum absolute atomic E-state index is 0. The molecule has 2 N–H and O–H groups in total. The van der Waals surface area contributed by atoms with Crippen molar-refractivity contribution in [2.75, 3.05) is 6.54 Å². The molecule has 10 heteroatoms. The third kappa shape index (κ3) is 4.06. The van der Waals surface area contributed by atoms with Crippen molar-refractivity contribution in [3.8, 4) is 0 Å². The van der Waals surface area contributed by atoms with E-state index in [0.29, 0.717) is 12.8 Å². The van der Waals surface area contributed by atoms with Crippen LogP contribution in [0.25, 0.3) is 10.9 Å². The van der Waals surface area contributed by atoms with Crippen LogP contribution in [0.3, 0.4) is 0 Å². The Bertz CT molecular complexity index is 890. The fourth-order valence-corrected chi connectivity index (χ4v) is 4.47. The molecule has 8 nitrogen and oxygen atoms in total. The zero-order valence-corrected chi connectivity index (χ0v) is 15.1. The number of nitrogens with zero attached hydrogens (tertiary/aromatic N) is 2. The number of aromatic nitrogens is 1. The van der Waals surface area contributed by atoms with Crippen LogP contribution in [0.1, 0.15) is 19.8 Å². The highest BCUT2D eigenvalue weighted by atomic mass is 35.5. The SMILES string of the molecule is CC1CC(NS(=O)(=O)c2ccc([N+](=O)[O-])c3cccnc23)CCN1.Cl. The maximum atomic E-state index is 12.8. The topological polar surface area (TPSA) is 114 Å². The Hall–Kier alpha value is -1.81. The van der Waals surface area contributed by atoms with E-state index in [0.717, 1.165) is 6.54 Å². The molecule has 3 rings (SSSR count). The summed E-state index contributed by atoms with van der Waals surface area (Å²) in [6.07, 6.45) is 2.82. The number of rotatable bonds is 4. The van der Waals surface area contributed by atoms with Crippen LogP contribution in [0.5, 0.6) is 0 Å². The summed E-state index contributed by atoms with van der Waals surface area (Å²) in [5.74, 6) is 0. The van der Waals surface area contributed by atoms with Crippen molar-refractivity contribution < 1.29 is 13.3 Å². The number of halogens is 1. The number of hydrogen-bond donors (Lipinski definition) is 2. The van der Waals surface area contributed by atoms with Crippen molar-refractivity contribution in [3.63, 3.8) is 0 Å². The number of nitro groups is 1. The number of hydrogen-bond acceptors (Lipinski definition) is 6. The predicted octanol–water partition coefficient (Wildman–Crippen LogP) is 1.98. The quantitative estimate of drug-likeness (QED) is 0.613. The molecule has 1 aliphatic rings. The highest BCUT2D eigenvalue weighted by Gasteiger charge is 2.27. The second-order valence-corrected chi connectivity index (χ2v) is 7.62. The van der Waals surface area contributed by atoms with E-state index in [1.165, 1.54) is 24.4 Å². The standard InChI is InChI=1S/C15H18N4O4S.ClH/c1-10-9-11(6-8-16-10)18-24(22,23)14-5-4-13(19(20)21)12-3-2-7-17-15(12)14;/h2-5,7,10-11,16,18H,6,8-9H2,1H3;1H. The van der Waals surface area contributed by atoms with Crippen LogP contribution >= 0.6 is 12.4 Å². The van der Waals surface area contributed by atoms with Gasteiger partial charge < -0.3 is 5.32 Å².